The molecule has 3 aromatic rings. The lowest BCUT2D eigenvalue weighted by molar-refractivity contribution is -0.384. The Labute approximate surface area is 167 Å². The third-order valence-electron chi connectivity index (χ3n) is 3.53. The Bertz CT molecular complexity index is 1010. The van der Waals surface area contributed by atoms with Gasteiger partial charge in [0.15, 0.2) is 4.62 Å². The van der Waals surface area contributed by atoms with Gasteiger partial charge in [-0.1, -0.05) is 0 Å². The zero-order valence-corrected chi connectivity index (χ0v) is 15.8. The van der Waals surface area contributed by atoms with Crippen LogP contribution in [0.25, 0.3) is 0 Å². The summed E-state index contributed by atoms with van der Waals surface area (Å²) >= 11 is 3.14. The molecule has 28 heavy (non-hydrogen) atoms. The molecule has 0 bridgehead atoms. The molecule has 9 nitrogen and oxygen atoms in total. The first kappa shape index (κ1) is 19.1. The average Bonchev–Trinajstić information content (AvgIpc) is 2.73. The number of carbonyl (C=O) groups is 1. The number of benzene rings is 2. The molecule has 0 unspecified atom stereocenters. The second-order valence-electron chi connectivity index (χ2n) is 5.44. The first-order valence-corrected chi connectivity index (χ1v) is 8.74. The lowest BCUT2D eigenvalue weighted by Crippen LogP contribution is -2.09. The molecule has 0 aliphatic rings. The van der Waals surface area contributed by atoms with Crippen molar-refractivity contribution in [3.8, 4) is 0 Å². The van der Waals surface area contributed by atoms with Gasteiger partial charge in [0, 0.05) is 35.8 Å². The van der Waals surface area contributed by atoms with Crippen LogP contribution in [-0.2, 0) is 0 Å². The van der Waals surface area contributed by atoms with Crippen molar-refractivity contribution in [2.24, 2.45) is 5.10 Å². The smallest absolute Gasteiger partial charge is 0.269 e. The number of nitro benzene ring substituents is 1. The predicted molar refractivity (Wildman–Crippen MR) is 109 cm³/mol. The molecule has 140 valence electrons. The van der Waals surface area contributed by atoms with Crippen LogP contribution in [0.5, 0.6) is 0 Å². The third-order valence-corrected chi connectivity index (χ3v) is 4.07. The maximum atomic E-state index is 12.4. The highest BCUT2D eigenvalue weighted by Crippen LogP contribution is 2.17. The number of rotatable bonds is 7. The quantitative estimate of drug-likeness (QED) is 0.245. The Morgan fingerprint density at radius 1 is 1.04 bits per heavy atom. The van der Waals surface area contributed by atoms with Gasteiger partial charge in [0.25, 0.3) is 5.69 Å². The van der Waals surface area contributed by atoms with E-state index in [9.17, 15) is 14.9 Å². The minimum atomic E-state index is -0.491. The molecule has 0 fully saturated rings. The van der Waals surface area contributed by atoms with Crippen LogP contribution in [0.1, 0.15) is 10.4 Å². The highest BCUT2D eigenvalue weighted by Gasteiger charge is 2.12. The van der Waals surface area contributed by atoms with Gasteiger partial charge in [-0.05, 0) is 52.3 Å². The molecule has 2 N–H and O–H groups in total. The molecule has 0 spiro atoms. The van der Waals surface area contributed by atoms with E-state index in [0.29, 0.717) is 17.1 Å². The summed E-state index contributed by atoms with van der Waals surface area (Å²) in [6.07, 6.45) is 4.74. The van der Waals surface area contributed by atoms with Crippen LogP contribution >= 0.6 is 15.9 Å². The lowest BCUT2D eigenvalue weighted by atomic mass is 10.1. The van der Waals surface area contributed by atoms with Crippen LogP contribution in [0.4, 0.5) is 22.9 Å². The van der Waals surface area contributed by atoms with Gasteiger partial charge >= 0.3 is 0 Å². The van der Waals surface area contributed by atoms with E-state index in [0.717, 1.165) is 5.69 Å². The van der Waals surface area contributed by atoms with E-state index >= 15 is 0 Å². The molecule has 0 amide bonds. The number of carbonyl (C=O) groups excluding carboxylic acids is 1. The molecule has 10 heteroatoms. The highest BCUT2D eigenvalue weighted by atomic mass is 79.9. The number of hydrogen-bond acceptors (Lipinski definition) is 8. The Kier molecular flexibility index (Phi) is 6.02. The van der Waals surface area contributed by atoms with Crippen LogP contribution in [0.2, 0.25) is 0 Å². The van der Waals surface area contributed by atoms with Gasteiger partial charge < -0.3 is 5.32 Å². The van der Waals surface area contributed by atoms with E-state index < -0.39 is 4.92 Å². The molecule has 0 atom stereocenters. The summed E-state index contributed by atoms with van der Waals surface area (Å²) in [5.41, 5.74) is 4.35. The summed E-state index contributed by atoms with van der Waals surface area (Å²) < 4.78 is 0.0699. The van der Waals surface area contributed by atoms with E-state index in [1.54, 1.807) is 42.9 Å². The van der Waals surface area contributed by atoms with Gasteiger partial charge in [0.05, 0.1) is 16.8 Å². The number of non-ortho nitro benzene ring substituents is 1. The number of nitrogens with zero attached hydrogens (tertiary/aromatic N) is 4. The predicted octanol–water partition coefficient (Wildman–Crippen LogP) is 4.13. The van der Waals surface area contributed by atoms with E-state index in [2.05, 4.69) is 41.7 Å². The zero-order chi connectivity index (χ0) is 19.9. The Morgan fingerprint density at radius 2 is 1.71 bits per heavy atom. The van der Waals surface area contributed by atoms with Gasteiger partial charge in [-0.3, -0.25) is 25.3 Å². The summed E-state index contributed by atoms with van der Waals surface area (Å²) in [6, 6.07) is 12.5. The summed E-state index contributed by atoms with van der Waals surface area (Å²) in [4.78, 5) is 30.7. The summed E-state index contributed by atoms with van der Waals surface area (Å²) in [6.45, 7) is 0. The van der Waals surface area contributed by atoms with Crippen LogP contribution in [0.3, 0.4) is 0 Å². The molecule has 1 aromatic heterocycles. The van der Waals surface area contributed by atoms with Crippen molar-refractivity contribution in [2.75, 3.05) is 10.7 Å². The van der Waals surface area contributed by atoms with Gasteiger partial charge in [-0.25, -0.2) is 4.98 Å². The molecule has 2 aromatic carbocycles. The number of hydrazone groups is 1. The van der Waals surface area contributed by atoms with E-state index in [4.69, 9.17) is 0 Å². The molecular formula is C18H13BrN6O3. The zero-order valence-electron chi connectivity index (χ0n) is 14.2. The van der Waals surface area contributed by atoms with E-state index in [1.807, 2.05) is 0 Å². The summed E-state index contributed by atoms with van der Waals surface area (Å²) in [7, 11) is 0. The number of halogens is 1. The lowest BCUT2D eigenvalue weighted by Gasteiger charge is -2.06. The molecule has 0 radical (unpaired) electrons. The van der Waals surface area contributed by atoms with E-state index in [1.165, 1.54) is 24.3 Å². The fourth-order valence-electron chi connectivity index (χ4n) is 2.16. The second kappa shape index (κ2) is 8.82. The standard InChI is InChI=1S/C18H13BrN6O3/c19-18(24-23-14-5-7-15(8-6-14)25(27)28)17(26)12-1-3-13(4-2-12)22-16-11-20-9-10-21-16/h1-11,23H,(H,21,22). The van der Waals surface area contributed by atoms with Crippen LogP contribution in [0, 0.1) is 10.1 Å². The number of nitro groups is 1. The van der Waals surface area contributed by atoms with Crippen molar-refractivity contribution in [2.45, 2.75) is 0 Å². The molecule has 3 rings (SSSR count). The number of nitrogens with one attached hydrogen (secondary N) is 2. The van der Waals surface area contributed by atoms with Crippen LogP contribution in [0.15, 0.2) is 72.2 Å². The van der Waals surface area contributed by atoms with Crippen molar-refractivity contribution in [1.29, 1.82) is 0 Å². The monoisotopic (exact) mass is 440 g/mol. The van der Waals surface area contributed by atoms with Gasteiger partial charge in [0.1, 0.15) is 5.82 Å². The normalized spacial score (nSPS) is 11.0. The Hall–Kier alpha value is -3.66. The first-order valence-electron chi connectivity index (χ1n) is 7.94. The largest absolute Gasteiger partial charge is 0.339 e. The maximum Gasteiger partial charge on any atom is 0.269 e. The Morgan fingerprint density at radius 3 is 2.32 bits per heavy atom. The molecule has 0 aliphatic carbocycles. The van der Waals surface area contributed by atoms with Crippen molar-refractivity contribution < 1.29 is 9.72 Å². The summed E-state index contributed by atoms with van der Waals surface area (Å²) in [5.74, 6) is 0.275. The SMILES string of the molecule is O=C(C(Br)=NNc1ccc([N+](=O)[O-])cc1)c1ccc(Nc2cnccn2)cc1. The van der Waals surface area contributed by atoms with Crippen molar-refractivity contribution in [3.05, 3.63) is 82.8 Å². The second-order valence-corrected chi connectivity index (χ2v) is 6.19. The van der Waals surface area contributed by atoms with Gasteiger partial charge in [-0.2, -0.15) is 5.10 Å². The minimum absolute atomic E-state index is 0.0279. The van der Waals surface area contributed by atoms with Gasteiger partial charge in [0.2, 0.25) is 5.78 Å². The van der Waals surface area contributed by atoms with Gasteiger partial charge in [-0.15, -0.1) is 0 Å². The van der Waals surface area contributed by atoms with Crippen LogP contribution < -0.4 is 10.7 Å². The fraction of sp³-hybridized carbons (Fsp3) is 0. The first-order chi connectivity index (χ1) is 13.5. The fourth-order valence-corrected chi connectivity index (χ4v) is 2.48. The summed E-state index contributed by atoms with van der Waals surface area (Å²) in [5, 5.41) is 17.7. The van der Waals surface area contributed by atoms with Crippen molar-refractivity contribution in [1.82, 2.24) is 9.97 Å². The molecular weight excluding hydrogens is 428 g/mol. The van der Waals surface area contributed by atoms with Crippen molar-refractivity contribution in [3.63, 3.8) is 0 Å². The maximum absolute atomic E-state index is 12.4. The topological polar surface area (TPSA) is 122 Å². The average molecular weight is 441 g/mol. The molecule has 0 saturated heterocycles. The number of aromatic nitrogens is 2. The minimum Gasteiger partial charge on any atom is -0.339 e. The van der Waals surface area contributed by atoms with E-state index in [-0.39, 0.29) is 16.1 Å². The van der Waals surface area contributed by atoms with Crippen molar-refractivity contribution >= 4 is 49.2 Å². The number of ketones is 1. The molecule has 0 saturated carbocycles. The number of Topliss-reactive ketones (excluding diaryl/α,β-unsaturated/α-hetero) is 1. The number of hydrogen-bond donors (Lipinski definition) is 2. The van der Waals surface area contributed by atoms with Crippen LogP contribution in [-0.4, -0.2) is 25.3 Å². The third kappa shape index (κ3) is 4.95. The molecule has 0 aliphatic heterocycles. The molecule has 1 heterocycles. The number of anilines is 3. The highest BCUT2D eigenvalue weighted by molar-refractivity contribution is 9.19. The Balaban J connectivity index is 1.63.